The molecule has 0 fully saturated rings. The minimum atomic E-state index is -4.33. The van der Waals surface area contributed by atoms with Crippen LogP contribution in [0.1, 0.15) is 277 Å². The number of hydrogen-bond acceptors (Lipinski definition) is 5. The van der Waals surface area contributed by atoms with Gasteiger partial charge in [0.1, 0.15) is 13.2 Å². The van der Waals surface area contributed by atoms with Crippen LogP contribution in [0, 0.1) is 0 Å². The van der Waals surface area contributed by atoms with Crippen LogP contribution in [0.25, 0.3) is 0 Å². The van der Waals surface area contributed by atoms with E-state index in [1.165, 1.54) is 180 Å². The highest BCUT2D eigenvalue weighted by molar-refractivity contribution is 7.47. The molecule has 416 valence electrons. The molecule has 0 rings (SSSR count). The summed E-state index contributed by atoms with van der Waals surface area (Å²) in [6.07, 6.45) is 71.4. The number of allylic oxidation sites excluding steroid dienone is 10. The molecule has 0 aliphatic rings. The Balaban J connectivity index is 4.08. The first kappa shape index (κ1) is 69.2. The Hall–Kier alpha value is -1.80. The van der Waals surface area contributed by atoms with Gasteiger partial charge >= 0.3 is 7.82 Å². The predicted molar refractivity (Wildman–Crippen MR) is 309 cm³/mol. The van der Waals surface area contributed by atoms with Gasteiger partial charge in [0.25, 0.3) is 0 Å². The number of phosphoric acid groups is 1. The zero-order chi connectivity index (χ0) is 52.0. The van der Waals surface area contributed by atoms with Gasteiger partial charge in [-0.2, -0.15) is 0 Å². The lowest BCUT2D eigenvalue weighted by molar-refractivity contribution is -0.870. The Bertz CT molecular complexity index is 1340. The summed E-state index contributed by atoms with van der Waals surface area (Å²) in [7, 11) is 1.62. The number of carbonyl (C=O) groups excluding carboxylic acids is 1. The molecule has 3 unspecified atom stereocenters. The molecule has 0 aliphatic heterocycles. The largest absolute Gasteiger partial charge is 0.472 e. The van der Waals surface area contributed by atoms with Crippen molar-refractivity contribution in [3.63, 3.8) is 0 Å². The average molecular weight is 1020 g/mol. The standard InChI is InChI=1S/C62H117N2O6P/c1-6-8-10-12-14-16-18-20-22-24-26-27-28-29-30-31-32-33-34-35-36-37-38-40-42-44-46-48-50-52-54-56-62(66)63-60(59-70-71(67,68)69-58-57-64(3,4)5)61(65)55-53-51-49-47-45-43-41-39-25-23-21-19-17-15-13-11-9-7-2/h8,10,14,16,20,22,26-27,29-30,60-61,65H,6-7,9,11-13,15,17-19,21,23-25,28,31-59H2,1-5H3,(H-,63,66,67,68)/p+1/b10-8-,16-14-,22-20-,27-26-,30-29-. The van der Waals surface area contributed by atoms with Crippen molar-refractivity contribution < 1.29 is 32.9 Å². The van der Waals surface area contributed by atoms with Crippen LogP contribution in [0.4, 0.5) is 0 Å². The van der Waals surface area contributed by atoms with Crippen molar-refractivity contribution in [2.75, 3.05) is 40.9 Å². The fourth-order valence-corrected chi connectivity index (χ4v) is 9.58. The van der Waals surface area contributed by atoms with E-state index in [0.717, 1.165) is 70.6 Å². The Kier molecular flexibility index (Phi) is 51.7. The van der Waals surface area contributed by atoms with Gasteiger partial charge in [-0.1, -0.05) is 274 Å². The smallest absolute Gasteiger partial charge is 0.391 e. The van der Waals surface area contributed by atoms with Crippen LogP contribution in [-0.4, -0.2) is 73.4 Å². The summed E-state index contributed by atoms with van der Waals surface area (Å²) in [6.45, 7) is 4.80. The van der Waals surface area contributed by atoms with Gasteiger partial charge in [-0.15, -0.1) is 0 Å². The van der Waals surface area contributed by atoms with Gasteiger partial charge in [-0.05, 0) is 57.8 Å². The van der Waals surface area contributed by atoms with E-state index in [4.69, 9.17) is 9.05 Å². The third-order valence-corrected chi connectivity index (χ3v) is 14.5. The van der Waals surface area contributed by atoms with Gasteiger partial charge in [-0.3, -0.25) is 13.8 Å². The maximum atomic E-state index is 13.0. The second-order valence-corrected chi connectivity index (χ2v) is 23.2. The molecule has 0 aliphatic carbocycles. The maximum Gasteiger partial charge on any atom is 0.472 e. The van der Waals surface area contributed by atoms with E-state index in [1.54, 1.807) is 0 Å². The van der Waals surface area contributed by atoms with Crippen molar-refractivity contribution in [3.8, 4) is 0 Å². The molecule has 3 atom stereocenters. The lowest BCUT2D eigenvalue weighted by Crippen LogP contribution is -2.46. The van der Waals surface area contributed by atoms with Crippen LogP contribution in [-0.2, 0) is 18.4 Å². The number of quaternary nitrogens is 1. The molecule has 0 radical (unpaired) electrons. The zero-order valence-electron chi connectivity index (χ0n) is 47.5. The van der Waals surface area contributed by atoms with Gasteiger partial charge in [0.15, 0.2) is 0 Å². The van der Waals surface area contributed by atoms with E-state index in [9.17, 15) is 19.4 Å². The highest BCUT2D eigenvalue weighted by Crippen LogP contribution is 2.43. The van der Waals surface area contributed by atoms with Crippen LogP contribution in [0.15, 0.2) is 60.8 Å². The van der Waals surface area contributed by atoms with Crippen LogP contribution in [0.5, 0.6) is 0 Å². The molecule has 1 amide bonds. The summed E-state index contributed by atoms with van der Waals surface area (Å²) in [5.74, 6) is -0.143. The Morgan fingerprint density at radius 2 is 0.845 bits per heavy atom. The van der Waals surface area contributed by atoms with Crippen molar-refractivity contribution in [2.24, 2.45) is 0 Å². The third kappa shape index (κ3) is 55.8. The number of aliphatic hydroxyl groups excluding tert-OH is 1. The molecule has 0 heterocycles. The van der Waals surface area contributed by atoms with E-state index in [2.05, 4.69) is 79.9 Å². The minimum absolute atomic E-state index is 0.0742. The first-order chi connectivity index (χ1) is 34.5. The number of hydrogen-bond donors (Lipinski definition) is 3. The van der Waals surface area contributed by atoms with Crippen molar-refractivity contribution in [1.29, 1.82) is 0 Å². The third-order valence-electron chi connectivity index (χ3n) is 13.5. The number of rotatable bonds is 55. The number of likely N-dealkylation sites (N-methyl/N-ethyl adjacent to an activating group) is 1. The topological polar surface area (TPSA) is 105 Å². The van der Waals surface area contributed by atoms with Crippen LogP contribution >= 0.6 is 7.82 Å². The van der Waals surface area contributed by atoms with E-state index in [0.29, 0.717) is 23.9 Å². The van der Waals surface area contributed by atoms with Gasteiger partial charge < -0.3 is 19.8 Å². The fraction of sp³-hybridized carbons (Fsp3) is 0.823. The highest BCUT2D eigenvalue weighted by Gasteiger charge is 2.28. The van der Waals surface area contributed by atoms with Crippen molar-refractivity contribution in [1.82, 2.24) is 5.32 Å². The summed E-state index contributed by atoms with van der Waals surface area (Å²) < 4.78 is 23.8. The Morgan fingerprint density at radius 1 is 0.493 bits per heavy atom. The van der Waals surface area contributed by atoms with Gasteiger partial charge in [-0.25, -0.2) is 4.57 Å². The second-order valence-electron chi connectivity index (χ2n) is 21.7. The van der Waals surface area contributed by atoms with E-state index in [-0.39, 0.29) is 19.1 Å². The molecular formula is C62H118N2O6P+. The molecule has 0 spiro atoms. The number of nitrogens with one attached hydrogen (secondary N) is 1. The summed E-state index contributed by atoms with van der Waals surface area (Å²) in [4.78, 5) is 23.4. The molecule has 0 aromatic carbocycles. The van der Waals surface area contributed by atoms with Crippen molar-refractivity contribution in [2.45, 2.75) is 289 Å². The van der Waals surface area contributed by atoms with Crippen molar-refractivity contribution in [3.05, 3.63) is 60.8 Å². The van der Waals surface area contributed by atoms with Gasteiger partial charge in [0, 0.05) is 6.42 Å². The summed E-state index contributed by atoms with van der Waals surface area (Å²) in [5, 5.41) is 14.1. The molecular weight excluding hydrogens is 900 g/mol. The SMILES string of the molecule is CC/C=C\C/C=C\C/C=C\C/C=C\C/C=C\CCCCCCCCCCCCCCCCCC(=O)NC(COP(=O)(O)OCC[N+](C)(C)C)C(O)CCCCCCCCCCCCCCCCCCCC. The second kappa shape index (κ2) is 53.0. The maximum absolute atomic E-state index is 13.0. The van der Waals surface area contributed by atoms with Crippen molar-refractivity contribution >= 4 is 13.7 Å². The highest BCUT2D eigenvalue weighted by atomic mass is 31.2. The predicted octanol–water partition coefficient (Wildman–Crippen LogP) is 18.5. The minimum Gasteiger partial charge on any atom is -0.391 e. The summed E-state index contributed by atoms with van der Waals surface area (Å²) >= 11 is 0. The number of carbonyl (C=O) groups is 1. The fourth-order valence-electron chi connectivity index (χ4n) is 8.84. The zero-order valence-corrected chi connectivity index (χ0v) is 48.4. The first-order valence-corrected chi connectivity index (χ1v) is 31.6. The van der Waals surface area contributed by atoms with E-state index >= 15 is 0 Å². The molecule has 0 bridgehead atoms. The lowest BCUT2D eigenvalue weighted by Gasteiger charge is -2.26. The first-order valence-electron chi connectivity index (χ1n) is 30.2. The van der Waals surface area contributed by atoms with E-state index < -0.39 is 20.0 Å². The summed E-state index contributed by atoms with van der Waals surface area (Å²) in [5.41, 5.74) is 0. The van der Waals surface area contributed by atoms with Gasteiger partial charge in [0.2, 0.25) is 5.91 Å². The quantitative estimate of drug-likeness (QED) is 0.0243. The Morgan fingerprint density at radius 3 is 1.24 bits per heavy atom. The van der Waals surface area contributed by atoms with Crippen LogP contribution < -0.4 is 5.32 Å². The molecule has 0 saturated carbocycles. The average Bonchev–Trinajstić information content (AvgIpc) is 3.33. The summed E-state index contributed by atoms with van der Waals surface area (Å²) in [6, 6.07) is -0.763. The molecule has 9 heteroatoms. The van der Waals surface area contributed by atoms with Gasteiger partial charge in [0.05, 0.1) is 39.9 Å². The number of phosphoric ester groups is 1. The molecule has 8 nitrogen and oxygen atoms in total. The lowest BCUT2D eigenvalue weighted by atomic mass is 10.0. The number of amides is 1. The molecule has 3 N–H and O–H groups in total. The Labute approximate surface area is 441 Å². The normalized spacial score (nSPS) is 14.3. The number of aliphatic hydroxyl groups is 1. The number of nitrogens with zero attached hydrogens (tertiary/aromatic N) is 1. The van der Waals surface area contributed by atoms with Crippen LogP contribution in [0.2, 0.25) is 0 Å². The molecule has 71 heavy (non-hydrogen) atoms. The monoisotopic (exact) mass is 1020 g/mol. The number of unbranched alkanes of at least 4 members (excludes halogenated alkanes) is 32. The van der Waals surface area contributed by atoms with Crippen LogP contribution in [0.3, 0.4) is 0 Å². The molecule has 0 aromatic rings. The molecule has 0 saturated heterocycles. The molecule has 0 aromatic heterocycles. The van der Waals surface area contributed by atoms with E-state index in [1.807, 2.05) is 21.1 Å².